The Balaban J connectivity index is 1.03. The highest BCUT2D eigenvalue weighted by Crippen LogP contribution is 2.69. The van der Waals surface area contributed by atoms with Crippen LogP contribution >= 0.6 is 0 Å². The summed E-state index contributed by atoms with van der Waals surface area (Å²) >= 11 is 0. The molecule has 2 heterocycles. The summed E-state index contributed by atoms with van der Waals surface area (Å²) in [6.07, 6.45) is 6.74. The molecular formula is C51H37N3O. The van der Waals surface area contributed by atoms with Gasteiger partial charge in [0.25, 0.3) is 0 Å². The Bertz CT molecular complexity index is 2870. The molecule has 0 radical (unpaired) electrons. The first kappa shape index (κ1) is 31.1. The molecule has 0 amide bonds. The number of para-hydroxylation sites is 1. The lowest BCUT2D eigenvalue weighted by molar-refractivity contribution is -0.0399. The number of fused-ring (bicyclic) bond motifs is 6. The molecule has 0 atom stereocenters. The van der Waals surface area contributed by atoms with E-state index in [2.05, 4.69) is 115 Å². The molecular weight excluding hydrogens is 671 g/mol. The summed E-state index contributed by atoms with van der Waals surface area (Å²) in [7, 11) is 0. The van der Waals surface area contributed by atoms with Crippen LogP contribution in [0.15, 0.2) is 144 Å². The SMILES string of the molecule is N#Cc1ccc(-c2ccc3c(c2)C2(c4ccc(-c5nc(-c6ccccc6)cc(-c6ccc7c(c6)oc6ccccc67)n5)cc4-3)C3CC4CC(C3)CC2C4)cc1. The van der Waals surface area contributed by atoms with Gasteiger partial charge in [-0.3, -0.25) is 0 Å². The molecule has 0 N–H and O–H groups in total. The van der Waals surface area contributed by atoms with Crippen molar-refractivity contribution in [1.82, 2.24) is 9.97 Å². The molecule has 4 heteroatoms. The minimum Gasteiger partial charge on any atom is -0.456 e. The number of nitriles is 1. The number of furan rings is 1. The Morgan fingerprint density at radius 2 is 1.18 bits per heavy atom. The summed E-state index contributed by atoms with van der Waals surface area (Å²) in [6.45, 7) is 0. The number of rotatable bonds is 4. The van der Waals surface area contributed by atoms with E-state index in [4.69, 9.17) is 14.4 Å². The van der Waals surface area contributed by atoms with Gasteiger partial charge in [0, 0.05) is 32.9 Å². The molecule has 4 fully saturated rings. The van der Waals surface area contributed by atoms with Gasteiger partial charge in [-0.05, 0) is 138 Å². The zero-order valence-electron chi connectivity index (χ0n) is 30.4. The Kier molecular flexibility index (Phi) is 6.55. The molecule has 4 saturated carbocycles. The number of nitrogens with zero attached hydrogens (tertiary/aromatic N) is 3. The third kappa shape index (κ3) is 4.56. The molecule has 4 nitrogen and oxygen atoms in total. The molecule has 5 aliphatic carbocycles. The van der Waals surface area contributed by atoms with Crippen LogP contribution in [0.3, 0.4) is 0 Å². The second kappa shape index (κ2) is 11.6. The van der Waals surface area contributed by atoms with Crippen LogP contribution in [0, 0.1) is 35.0 Å². The van der Waals surface area contributed by atoms with E-state index in [0.717, 1.165) is 73.2 Å². The fourth-order valence-corrected chi connectivity index (χ4v) is 11.6. The lowest BCUT2D eigenvalue weighted by Gasteiger charge is -2.61. The second-order valence-corrected chi connectivity index (χ2v) is 16.5. The van der Waals surface area contributed by atoms with Gasteiger partial charge in [-0.25, -0.2) is 9.97 Å². The molecule has 0 saturated heterocycles. The van der Waals surface area contributed by atoms with Crippen LogP contribution in [-0.4, -0.2) is 9.97 Å². The van der Waals surface area contributed by atoms with E-state index in [-0.39, 0.29) is 5.41 Å². The number of hydrogen-bond donors (Lipinski definition) is 0. The Labute approximate surface area is 320 Å². The van der Waals surface area contributed by atoms with Crippen LogP contribution in [0.5, 0.6) is 0 Å². The molecule has 0 aliphatic heterocycles. The van der Waals surface area contributed by atoms with Crippen molar-refractivity contribution in [1.29, 1.82) is 5.26 Å². The van der Waals surface area contributed by atoms with Gasteiger partial charge in [0.15, 0.2) is 5.82 Å². The smallest absolute Gasteiger partial charge is 0.160 e. The summed E-state index contributed by atoms with van der Waals surface area (Å²) in [5.41, 5.74) is 15.4. The zero-order valence-corrected chi connectivity index (χ0v) is 30.4. The average molecular weight is 708 g/mol. The fourth-order valence-electron chi connectivity index (χ4n) is 11.6. The lowest BCUT2D eigenvalue weighted by atomic mass is 9.43. The normalized spacial score (nSPS) is 23.0. The number of aromatic nitrogens is 2. The van der Waals surface area contributed by atoms with E-state index >= 15 is 0 Å². The van der Waals surface area contributed by atoms with Crippen molar-refractivity contribution in [3.05, 3.63) is 156 Å². The summed E-state index contributed by atoms with van der Waals surface area (Å²) in [5, 5.41) is 11.7. The van der Waals surface area contributed by atoms with Crippen LogP contribution < -0.4 is 0 Å². The average Bonchev–Trinajstić information content (AvgIpc) is 3.75. The van der Waals surface area contributed by atoms with Crippen LogP contribution in [0.1, 0.15) is 48.8 Å². The van der Waals surface area contributed by atoms with Gasteiger partial charge in [-0.15, -0.1) is 0 Å². The van der Waals surface area contributed by atoms with E-state index < -0.39 is 0 Å². The molecule has 55 heavy (non-hydrogen) atoms. The minimum atomic E-state index is 0.0269. The molecule has 4 bridgehead atoms. The summed E-state index contributed by atoms with van der Waals surface area (Å²) in [5.74, 6) is 3.78. The zero-order chi connectivity index (χ0) is 36.3. The highest BCUT2D eigenvalue weighted by atomic mass is 16.3. The fraction of sp³-hybridized carbons (Fsp3) is 0.196. The monoisotopic (exact) mass is 707 g/mol. The van der Waals surface area contributed by atoms with Crippen LogP contribution in [0.4, 0.5) is 0 Å². The summed E-state index contributed by atoms with van der Waals surface area (Å²) < 4.78 is 6.31. The third-order valence-electron chi connectivity index (χ3n) is 13.7. The van der Waals surface area contributed by atoms with Gasteiger partial charge in [0.2, 0.25) is 0 Å². The standard InChI is InChI=1S/C51H37N3O/c52-29-30-10-12-33(13-11-30)35-14-17-40-43-25-37(16-19-44(43)51(45(40)26-35)38-21-31-20-32(23-38)24-39(51)22-31)50-53-46(34-6-2-1-3-7-34)28-47(54-50)36-15-18-42-41-8-4-5-9-48(41)55-49(42)27-36/h1-19,25-28,31-32,38-39H,20-24H2. The van der Waals surface area contributed by atoms with E-state index in [9.17, 15) is 5.26 Å². The first-order chi connectivity index (χ1) is 27.1. The van der Waals surface area contributed by atoms with Gasteiger partial charge in [-0.1, -0.05) is 91.0 Å². The highest BCUT2D eigenvalue weighted by molar-refractivity contribution is 6.05. The van der Waals surface area contributed by atoms with Crippen LogP contribution in [-0.2, 0) is 5.41 Å². The van der Waals surface area contributed by atoms with E-state index in [1.54, 1.807) is 0 Å². The quantitative estimate of drug-likeness (QED) is 0.183. The van der Waals surface area contributed by atoms with Gasteiger partial charge in [-0.2, -0.15) is 5.26 Å². The topological polar surface area (TPSA) is 62.7 Å². The summed E-state index contributed by atoms with van der Waals surface area (Å²) in [4.78, 5) is 10.6. The third-order valence-corrected chi connectivity index (χ3v) is 13.7. The van der Waals surface area contributed by atoms with E-state index in [1.807, 2.05) is 30.3 Å². The van der Waals surface area contributed by atoms with E-state index in [1.165, 1.54) is 59.9 Å². The molecule has 6 aromatic carbocycles. The molecule has 5 aliphatic rings. The second-order valence-electron chi connectivity index (χ2n) is 16.5. The first-order valence-corrected chi connectivity index (χ1v) is 19.8. The van der Waals surface area contributed by atoms with Crippen molar-refractivity contribution in [2.24, 2.45) is 23.7 Å². The predicted octanol–water partition coefficient (Wildman–Crippen LogP) is 12.6. The van der Waals surface area contributed by atoms with Gasteiger partial charge in [0.1, 0.15) is 11.2 Å². The maximum absolute atomic E-state index is 9.46. The maximum Gasteiger partial charge on any atom is 0.160 e. The molecule has 8 aromatic rings. The van der Waals surface area contributed by atoms with E-state index in [0.29, 0.717) is 17.4 Å². The highest BCUT2D eigenvalue weighted by Gasteiger charge is 2.61. The summed E-state index contributed by atoms with van der Waals surface area (Å²) in [6, 6.07) is 51.9. The molecule has 1 spiro atoms. The Morgan fingerprint density at radius 1 is 0.509 bits per heavy atom. The van der Waals surface area contributed by atoms with Gasteiger partial charge < -0.3 is 4.42 Å². The molecule has 13 rings (SSSR count). The maximum atomic E-state index is 9.46. The van der Waals surface area contributed by atoms with Crippen molar-refractivity contribution in [2.75, 3.05) is 0 Å². The molecule has 0 unspecified atom stereocenters. The predicted molar refractivity (Wildman–Crippen MR) is 219 cm³/mol. The van der Waals surface area contributed by atoms with Crippen molar-refractivity contribution >= 4 is 21.9 Å². The van der Waals surface area contributed by atoms with Gasteiger partial charge in [0.05, 0.1) is 23.0 Å². The Hall–Kier alpha value is -6.31. The Morgan fingerprint density at radius 3 is 1.96 bits per heavy atom. The molecule has 262 valence electrons. The van der Waals surface area contributed by atoms with Crippen LogP contribution in [0.25, 0.3) is 78.1 Å². The van der Waals surface area contributed by atoms with Crippen molar-refractivity contribution in [3.63, 3.8) is 0 Å². The van der Waals surface area contributed by atoms with Crippen LogP contribution in [0.2, 0.25) is 0 Å². The molecule has 2 aromatic heterocycles. The lowest BCUT2D eigenvalue weighted by Crippen LogP contribution is -2.55. The first-order valence-electron chi connectivity index (χ1n) is 19.8. The number of hydrogen-bond acceptors (Lipinski definition) is 4. The van der Waals surface area contributed by atoms with Crippen molar-refractivity contribution < 1.29 is 4.42 Å². The van der Waals surface area contributed by atoms with Gasteiger partial charge >= 0.3 is 0 Å². The minimum absolute atomic E-state index is 0.0269. The number of benzene rings is 6. The van der Waals surface area contributed by atoms with Crippen molar-refractivity contribution in [2.45, 2.75) is 37.5 Å². The largest absolute Gasteiger partial charge is 0.456 e. The van der Waals surface area contributed by atoms with Crippen molar-refractivity contribution in [3.8, 4) is 62.2 Å².